The van der Waals surface area contributed by atoms with Crippen molar-refractivity contribution in [2.24, 2.45) is 5.92 Å². The van der Waals surface area contributed by atoms with Gasteiger partial charge in [-0.1, -0.05) is 23.7 Å². The second-order valence-electron chi connectivity index (χ2n) is 5.05. The standard InChI is InChI=1S/C15H20ClNO2/c1-3-19-15(18)14(17-9-11-5-6-11)12-7-4-10(2)13(16)8-12/h4,7-8,11,14,17H,3,5-6,9H2,1-2H3. The molecule has 19 heavy (non-hydrogen) atoms. The van der Waals surface area contributed by atoms with Crippen LogP contribution in [0.5, 0.6) is 0 Å². The molecule has 1 fully saturated rings. The molecule has 1 aliphatic carbocycles. The van der Waals surface area contributed by atoms with E-state index in [4.69, 9.17) is 16.3 Å². The summed E-state index contributed by atoms with van der Waals surface area (Å²) in [6.07, 6.45) is 2.49. The molecule has 0 bridgehead atoms. The number of rotatable bonds is 6. The fraction of sp³-hybridized carbons (Fsp3) is 0.533. The lowest BCUT2D eigenvalue weighted by Crippen LogP contribution is -2.31. The van der Waals surface area contributed by atoms with Crippen LogP contribution in [0, 0.1) is 12.8 Å². The van der Waals surface area contributed by atoms with E-state index in [0.29, 0.717) is 17.5 Å². The van der Waals surface area contributed by atoms with Gasteiger partial charge in [0.2, 0.25) is 0 Å². The van der Waals surface area contributed by atoms with Gasteiger partial charge in [-0.05, 0) is 56.3 Å². The smallest absolute Gasteiger partial charge is 0.327 e. The number of aryl methyl sites for hydroxylation is 1. The van der Waals surface area contributed by atoms with Crippen LogP contribution < -0.4 is 5.32 Å². The summed E-state index contributed by atoms with van der Waals surface area (Å²) in [4.78, 5) is 12.0. The Balaban J connectivity index is 2.13. The Bertz CT molecular complexity index is 457. The maximum atomic E-state index is 12.0. The molecular formula is C15H20ClNO2. The number of hydrogen-bond donors (Lipinski definition) is 1. The first-order valence-corrected chi connectivity index (χ1v) is 7.15. The minimum atomic E-state index is -0.418. The lowest BCUT2D eigenvalue weighted by Gasteiger charge is -2.18. The summed E-state index contributed by atoms with van der Waals surface area (Å²) in [5.74, 6) is 0.473. The lowest BCUT2D eigenvalue weighted by atomic mass is 10.0. The fourth-order valence-electron chi connectivity index (χ4n) is 1.96. The van der Waals surface area contributed by atoms with Gasteiger partial charge in [-0.2, -0.15) is 0 Å². The van der Waals surface area contributed by atoms with Crippen molar-refractivity contribution in [3.8, 4) is 0 Å². The molecule has 1 aromatic carbocycles. The van der Waals surface area contributed by atoms with Crippen molar-refractivity contribution in [2.45, 2.75) is 32.7 Å². The molecule has 0 radical (unpaired) electrons. The van der Waals surface area contributed by atoms with E-state index < -0.39 is 6.04 Å². The molecule has 1 unspecified atom stereocenters. The summed E-state index contributed by atoms with van der Waals surface area (Å²) in [5, 5.41) is 3.98. The first-order valence-electron chi connectivity index (χ1n) is 6.78. The Hall–Kier alpha value is -1.06. The Morgan fingerprint density at radius 3 is 2.84 bits per heavy atom. The van der Waals surface area contributed by atoms with E-state index in [0.717, 1.165) is 17.7 Å². The Morgan fingerprint density at radius 2 is 2.26 bits per heavy atom. The molecule has 2 rings (SSSR count). The SMILES string of the molecule is CCOC(=O)C(NCC1CC1)c1ccc(C)c(Cl)c1. The molecular weight excluding hydrogens is 262 g/mol. The van der Waals surface area contributed by atoms with Gasteiger partial charge in [0.1, 0.15) is 6.04 Å². The highest BCUT2D eigenvalue weighted by Crippen LogP contribution is 2.29. The van der Waals surface area contributed by atoms with Crippen molar-refractivity contribution in [2.75, 3.05) is 13.2 Å². The van der Waals surface area contributed by atoms with E-state index in [2.05, 4.69) is 5.32 Å². The highest BCUT2D eigenvalue weighted by atomic mass is 35.5. The van der Waals surface area contributed by atoms with Crippen LogP contribution in [0.4, 0.5) is 0 Å². The van der Waals surface area contributed by atoms with Gasteiger partial charge >= 0.3 is 5.97 Å². The Kier molecular flexibility index (Phi) is 4.83. The molecule has 104 valence electrons. The van der Waals surface area contributed by atoms with Crippen molar-refractivity contribution >= 4 is 17.6 Å². The van der Waals surface area contributed by atoms with Gasteiger partial charge in [-0.3, -0.25) is 0 Å². The third kappa shape index (κ3) is 3.95. The second-order valence-corrected chi connectivity index (χ2v) is 5.45. The Labute approximate surface area is 119 Å². The van der Waals surface area contributed by atoms with Crippen LogP contribution in [0.25, 0.3) is 0 Å². The van der Waals surface area contributed by atoms with Crippen molar-refractivity contribution in [3.05, 3.63) is 34.3 Å². The monoisotopic (exact) mass is 281 g/mol. The number of carbonyl (C=O) groups excluding carboxylic acids is 1. The number of carbonyl (C=O) groups is 1. The molecule has 0 amide bonds. The van der Waals surface area contributed by atoms with Crippen LogP contribution in [-0.4, -0.2) is 19.1 Å². The zero-order valence-electron chi connectivity index (χ0n) is 11.4. The van der Waals surface area contributed by atoms with E-state index in [9.17, 15) is 4.79 Å². The summed E-state index contributed by atoms with van der Waals surface area (Å²) in [5.41, 5.74) is 1.88. The van der Waals surface area contributed by atoms with E-state index in [1.54, 1.807) is 0 Å². The fourth-order valence-corrected chi connectivity index (χ4v) is 2.15. The number of benzene rings is 1. The minimum absolute atomic E-state index is 0.233. The highest BCUT2D eigenvalue weighted by Gasteiger charge is 2.27. The second kappa shape index (κ2) is 6.40. The molecule has 1 atom stereocenters. The average Bonchev–Trinajstić information content (AvgIpc) is 3.18. The molecule has 1 aromatic rings. The van der Waals surface area contributed by atoms with Crippen molar-refractivity contribution in [1.82, 2.24) is 5.32 Å². The molecule has 0 aromatic heterocycles. The number of ether oxygens (including phenoxy) is 1. The predicted molar refractivity (Wildman–Crippen MR) is 76.3 cm³/mol. The van der Waals surface area contributed by atoms with E-state index in [-0.39, 0.29) is 5.97 Å². The van der Waals surface area contributed by atoms with Crippen LogP contribution in [0.3, 0.4) is 0 Å². The largest absolute Gasteiger partial charge is 0.465 e. The quantitative estimate of drug-likeness (QED) is 0.814. The van der Waals surface area contributed by atoms with E-state index >= 15 is 0 Å². The van der Waals surface area contributed by atoms with E-state index in [1.165, 1.54) is 12.8 Å². The van der Waals surface area contributed by atoms with Gasteiger partial charge in [0, 0.05) is 5.02 Å². The topological polar surface area (TPSA) is 38.3 Å². The molecule has 3 nitrogen and oxygen atoms in total. The van der Waals surface area contributed by atoms with Crippen LogP contribution in [0.15, 0.2) is 18.2 Å². The maximum absolute atomic E-state index is 12.0. The van der Waals surface area contributed by atoms with Crippen LogP contribution in [-0.2, 0) is 9.53 Å². The van der Waals surface area contributed by atoms with Crippen molar-refractivity contribution in [1.29, 1.82) is 0 Å². The summed E-state index contributed by atoms with van der Waals surface area (Å²) in [6.45, 7) is 5.01. The van der Waals surface area contributed by atoms with Crippen LogP contribution >= 0.6 is 11.6 Å². The molecule has 0 spiro atoms. The van der Waals surface area contributed by atoms with Crippen LogP contribution in [0.1, 0.15) is 36.9 Å². The number of halogens is 1. The maximum Gasteiger partial charge on any atom is 0.327 e. The highest BCUT2D eigenvalue weighted by molar-refractivity contribution is 6.31. The molecule has 0 heterocycles. The first kappa shape index (κ1) is 14.4. The molecule has 1 N–H and O–H groups in total. The number of nitrogens with one attached hydrogen (secondary N) is 1. The average molecular weight is 282 g/mol. The molecule has 4 heteroatoms. The summed E-state index contributed by atoms with van der Waals surface area (Å²) >= 11 is 6.13. The van der Waals surface area contributed by atoms with Crippen molar-refractivity contribution < 1.29 is 9.53 Å². The van der Waals surface area contributed by atoms with Gasteiger partial charge in [0.05, 0.1) is 6.61 Å². The van der Waals surface area contributed by atoms with Crippen molar-refractivity contribution in [3.63, 3.8) is 0 Å². The number of hydrogen-bond acceptors (Lipinski definition) is 3. The predicted octanol–water partition coefficient (Wildman–Crippen LogP) is 3.25. The third-order valence-electron chi connectivity index (χ3n) is 3.36. The van der Waals surface area contributed by atoms with Gasteiger partial charge in [-0.25, -0.2) is 4.79 Å². The van der Waals surface area contributed by atoms with Gasteiger partial charge in [0.15, 0.2) is 0 Å². The molecule has 1 saturated carbocycles. The van der Waals surface area contributed by atoms with E-state index in [1.807, 2.05) is 32.0 Å². The molecule has 1 aliphatic rings. The zero-order valence-corrected chi connectivity index (χ0v) is 12.2. The van der Waals surface area contributed by atoms with Gasteiger partial charge in [-0.15, -0.1) is 0 Å². The summed E-state index contributed by atoms with van der Waals surface area (Å²) in [6, 6.07) is 5.29. The Morgan fingerprint density at radius 1 is 1.53 bits per heavy atom. The lowest BCUT2D eigenvalue weighted by molar-refractivity contribution is -0.145. The zero-order chi connectivity index (χ0) is 13.8. The molecule has 0 aliphatic heterocycles. The van der Waals surface area contributed by atoms with Gasteiger partial charge < -0.3 is 10.1 Å². The first-order chi connectivity index (χ1) is 9.11. The molecule has 0 saturated heterocycles. The third-order valence-corrected chi connectivity index (χ3v) is 3.77. The summed E-state index contributed by atoms with van der Waals surface area (Å²) in [7, 11) is 0. The minimum Gasteiger partial charge on any atom is -0.465 e. The normalized spacial score (nSPS) is 16.2. The van der Waals surface area contributed by atoms with Crippen LogP contribution in [0.2, 0.25) is 5.02 Å². The summed E-state index contributed by atoms with van der Waals surface area (Å²) < 4.78 is 5.14. The van der Waals surface area contributed by atoms with Gasteiger partial charge in [0.25, 0.3) is 0 Å². The number of esters is 1.